The van der Waals surface area contributed by atoms with Gasteiger partial charge in [-0.3, -0.25) is 9.59 Å². The predicted molar refractivity (Wildman–Crippen MR) is 114 cm³/mol. The van der Waals surface area contributed by atoms with Crippen molar-refractivity contribution < 1.29 is 33.7 Å². The molecule has 0 aliphatic carbocycles. The van der Waals surface area contributed by atoms with Gasteiger partial charge >= 0.3 is 5.97 Å². The van der Waals surface area contributed by atoms with E-state index in [-0.39, 0.29) is 36.7 Å². The smallest absolute Gasteiger partial charge is 0.337 e. The molecule has 0 fully saturated rings. The Morgan fingerprint density at radius 1 is 1.06 bits per heavy atom. The quantitative estimate of drug-likeness (QED) is 0.492. The molecule has 0 aromatic heterocycles. The van der Waals surface area contributed by atoms with Crippen molar-refractivity contribution in [3.63, 3.8) is 0 Å². The minimum Gasteiger partial charge on any atom is -0.486 e. The number of anilines is 1. The molecule has 0 saturated heterocycles. The van der Waals surface area contributed by atoms with E-state index in [2.05, 4.69) is 5.32 Å². The maximum atomic E-state index is 12.9. The summed E-state index contributed by atoms with van der Waals surface area (Å²) in [7, 11) is 1.24. The molecule has 2 aromatic carbocycles. The third kappa shape index (κ3) is 4.15. The number of β-amino-alcohol motifs (C(OH)–C–C–N with tert-alkyl or cyclic N) is 1. The molecule has 0 atom stereocenters. The summed E-state index contributed by atoms with van der Waals surface area (Å²) in [6.45, 7) is 0.846. The monoisotopic (exact) mass is 438 g/mol. The van der Waals surface area contributed by atoms with Gasteiger partial charge in [-0.05, 0) is 42.5 Å². The fourth-order valence-corrected chi connectivity index (χ4v) is 3.55. The van der Waals surface area contributed by atoms with Crippen LogP contribution < -0.4 is 14.8 Å². The Balaban J connectivity index is 1.52. The van der Waals surface area contributed by atoms with Crippen LogP contribution in [0.5, 0.6) is 11.5 Å². The van der Waals surface area contributed by atoms with Crippen LogP contribution in [0.25, 0.3) is 0 Å². The number of methoxy groups -OCH3 is 1. The predicted octanol–water partition coefficient (Wildman–Crippen LogP) is 1.36. The van der Waals surface area contributed by atoms with E-state index in [0.717, 1.165) is 0 Å². The lowest BCUT2D eigenvalue weighted by Crippen LogP contribution is -2.31. The zero-order valence-electron chi connectivity index (χ0n) is 17.4. The van der Waals surface area contributed by atoms with Crippen molar-refractivity contribution in [3.05, 3.63) is 64.9 Å². The Labute approximate surface area is 184 Å². The number of carbonyl (C=O) groups is 3. The van der Waals surface area contributed by atoms with Gasteiger partial charge < -0.3 is 29.5 Å². The highest BCUT2D eigenvalue weighted by molar-refractivity contribution is 6.10. The number of ketones is 1. The molecule has 2 aromatic rings. The maximum Gasteiger partial charge on any atom is 0.337 e. The molecular formula is C23H22N2O7. The second-order valence-corrected chi connectivity index (χ2v) is 7.19. The van der Waals surface area contributed by atoms with Gasteiger partial charge in [-0.2, -0.15) is 0 Å². The summed E-state index contributed by atoms with van der Waals surface area (Å²) in [6.07, 6.45) is 0. The number of fused-ring (bicyclic) bond motifs is 1. The van der Waals surface area contributed by atoms with Crippen LogP contribution in [0.3, 0.4) is 0 Å². The molecule has 2 heterocycles. The molecule has 1 amide bonds. The van der Waals surface area contributed by atoms with Crippen LogP contribution in [0.15, 0.2) is 53.7 Å². The number of amides is 1. The molecule has 0 bridgehead atoms. The number of ether oxygens (including phenoxy) is 3. The topological polar surface area (TPSA) is 114 Å². The zero-order chi connectivity index (χ0) is 22.7. The minimum absolute atomic E-state index is 0.0507. The van der Waals surface area contributed by atoms with Crippen LogP contribution in [0, 0.1) is 0 Å². The molecule has 32 heavy (non-hydrogen) atoms. The highest BCUT2D eigenvalue weighted by Gasteiger charge is 2.34. The number of nitrogens with zero attached hydrogens (tertiary/aromatic N) is 1. The van der Waals surface area contributed by atoms with Crippen molar-refractivity contribution in [2.75, 3.05) is 45.3 Å². The number of benzene rings is 2. The van der Waals surface area contributed by atoms with Gasteiger partial charge in [0.25, 0.3) is 5.91 Å². The summed E-state index contributed by atoms with van der Waals surface area (Å²) in [5, 5.41) is 12.1. The van der Waals surface area contributed by atoms with Crippen molar-refractivity contribution in [2.24, 2.45) is 0 Å². The number of hydrogen-bond donors (Lipinski definition) is 2. The normalized spacial score (nSPS) is 15.1. The van der Waals surface area contributed by atoms with Crippen molar-refractivity contribution in [2.45, 2.75) is 0 Å². The Morgan fingerprint density at radius 3 is 2.44 bits per heavy atom. The summed E-state index contributed by atoms with van der Waals surface area (Å²) in [6, 6.07) is 11.6. The lowest BCUT2D eigenvalue weighted by Gasteiger charge is -2.18. The van der Waals surface area contributed by atoms with Gasteiger partial charge in [-0.25, -0.2) is 4.79 Å². The van der Waals surface area contributed by atoms with Gasteiger partial charge in [0.05, 0.1) is 25.8 Å². The molecule has 0 unspecified atom stereocenters. The van der Waals surface area contributed by atoms with Gasteiger partial charge in [0.15, 0.2) is 17.3 Å². The largest absolute Gasteiger partial charge is 0.486 e. The Kier molecular flexibility index (Phi) is 6.09. The van der Waals surface area contributed by atoms with E-state index in [0.29, 0.717) is 41.5 Å². The van der Waals surface area contributed by atoms with Gasteiger partial charge in [0.2, 0.25) is 0 Å². The van der Waals surface area contributed by atoms with E-state index < -0.39 is 11.9 Å². The standard InChI is InChI=1S/C23H22N2O7/c1-30-23(29)17-13-25(8-9-26)22(28)20(17)24-16-5-2-14(3-6-16)21(27)15-4-7-18-19(12-15)32-11-10-31-18/h2-7,12,24,26H,8-11,13H2,1H3. The highest BCUT2D eigenvalue weighted by atomic mass is 16.6. The number of rotatable bonds is 7. The fraction of sp³-hybridized carbons (Fsp3) is 0.261. The second kappa shape index (κ2) is 9.11. The van der Waals surface area contributed by atoms with Gasteiger partial charge in [-0.15, -0.1) is 0 Å². The summed E-state index contributed by atoms with van der Waals surface area (Å²) in [5.41, 5.74) is 1.73. The van der Waals surface area contributed by atoms with Crippen LogP contribution in [0.2, 0.25) is 0 Å². The fourth-order valence-electron chi connectivity index (χ4n) is 3.55. The van der Waals surface area contributed by atoms with Gasteiger partial charge in [0.1, 0.15) is 18.9 Å². The van der Waals surface area contributed by atoms with Crippen LogP contribution in [0.4, 0.5) is 5.69 Å². The number of aliphatic hydroxyl groups is 1. The molecule has 2 N–H and O–H groups in total. The zero-order valence-corrected chi connectivity index (χ0v) is 17.4. The SMILES string of the molecule is COC(=O)C1=C(Nc2ccc(C(=O)c3ccc4c(c3)OCCO4)cc2)C(=O)N(CCO)C1. The van der Waals surface area contributed by atoms with Crippen molar-refractivity contribution >= 4 is 23.3 Å². The molecule has 2 aliphatic rings. The van der Waals surface area contributed by atoms with E-state index >= 15 is 0 Å². The molecule has 166 valence electrons. The number of aliphatic hydroxyl groups excluding tert-OH is 1. The van der Waals surface area contributed by atoms with Crippen molar-refractivity contribution in [3.8, 4) is 11.5 Å². The van der Waals surface area contributed by atoms with Gasteiger partial charge in [0, 0.05) is 23.4 Å². The number of nitrogens with one attached hydrogen (secondary N) is 1. The summed E-state index contributed by atoms with van der Waals surface area (Å²) in [4.78, 5) is 38.9. The lowest BCUT2D eigenvalue weighted by atomic mass is 10.0. The summed E-state index contributed by atoms with van der Waals surface area (Å²) >= 11 is 0. The highest BCUT2D eigenvalue weighted by Crippen LogP contribution is 2.31. The van der Waals surface area contributed by atoms with Crippen LogP contribution in [0.1, 0.15) is 15.9 Å². The third-order valence-corrected chi connectivity index (χ3v) is 5.17. The van der Waals surface area contributed by atoms with Crippen molar-refractivity contribution in [1.82, 2.24) is 4.90 Å². The van der Waals surface area contributed by atoms with Crippen molar-refractivity contribution in [1.29, 1.82) is 0 Å². The van der Waals surface area contributed by atoms with Crippen LogP contribution in [-0.2, 0) is 14.3 Å². The van der Waals surface area contributed by atoms with Crippen LogP contribution >= 0.6 is 0 Å². The van der Waals surface area contributed by atoms with E-state index in [4.69, 9.17) is 19.3 Å². The van der Waals surface area contributed by atoms with E-state index in [9.17, 15) is 14.4 Å². The Morgan fingerprint density at radius 2 is 1.75 bits per heavy atom. The molecule has 4 rings (SSSR count). The molecule has 0 radical (unpaired) electrons. The average molecular weight is 438 g/mol. The number of hydrogen-bond acceptors (Lipinski definition) is 8. The molecular weight excluding hydrogens is 416 g/mol. The first-order valence-corrected chi connectivity index (χ1v) is 10.0. The molecule has 9 nitrogen and oxygen atoms in total. The second-order valence-electron chi connectivity index (χ2n) is 7.19. The van der Waals surface area contributed by atoms with E-state index in [1.165, 1.54) is 12.0 Å². The maximum absolute atomic E-state index is 12.9. The Hall–Kier alpha value is -3.85. The molecule has 0 spiro atoms. The first-order valence-electron chi connectivity index (χ1n) is 10.0. The summed E-state index contributed by atoms with van der Waals surface area (Å²) in [5.74, 6) is -0.0648. The van der Waals surface area contributed by atoms with Crippen LogP contribution in [-0.4, -0.2) is 67.7 Å². The first-order chi connectivity index (χ1) is 15.5. The average Bonchev–Trinajstić information content (AvgIpc) is 3.13. The lowest BCUT2D eigenvalue weighted by molar-refractivity contribution is -0.136. The first kappa shape index (κ1) is 21.4. The minimum atomic E-state index is -0.619. The van der Waals surface area contributed by atoms with Gasteiger partial charge in [-0.1, -0.05) is 0 Å². The third-order valence-electron chi connectivity index (χ3n) is 5.17. The number of esters is 1. The molecule has 9 heteroatoms. The summed E-state index contributed by atoms with van der Waals surface area (Å²) < 4.78 is 15.8. The van der Waals surface area contributed by atoms with E-state index in [1.807, 2.05) is 0 Å². The Bertz CT molecular complexity index is 1090. The van der Waals surface area contributed by atoms with E-state index in [1.54, 1.807) is 42.5 Å². The number of carbonyl (C=O) groups excluding carboxylic acids is 3. The molecule has 2 aliphatic heterocycles. The molecule has 0 saturated carbocycles.